The van der Waals surface area contributed by atoms with Crippen LogP contribution in [0.3, 0.4) is 0 Å². The van der Waals surface area contributed by atoms with Gasteiger partial charge in [0, 0.05) is 8.96 Å². The molecule has 0 unspecified atom stereocenters. The lowest BCUT2D eigenvalue weighted by Crippen LogP contribution is -2.49. The molecule has 3 aromatic carbocycles. The van der Waals surface area contributed by atoms with E-state index in [0.717, 1.165) is 22.8 Å². The molecule has 0 atom stereocenters. The number of carboxylic acid groups (broad SMARTS) is 1. The average Bonchev–Trinajstić information content (AvgIpc) is 2.71. The number of carboxylic acids is 1. The van der Waals surface area contributed by atoms with E-state index in [1.165, 1.54) is 19.4 Å². The normalized spacial score (nSPS) is 11.3. The number of carbonyl (C=O) groups is 2. The van der Waals surface area contributed by atoms with Gasteiger partial charge in [0.05, 0.1) is 5.56 Å². The molecule has 0 aromatic heterocycles. The van der Waals surface area contributed by atoms with Crippen molar-refractivity contribution in [3.05, 3.63) is 74.9 Å². The lowest BCUT2D eigenvalue weighted by atomic mass is 10.0. The van der Waals surface area contributed by atoms with E-state index < -0.39 is 17.4 Å². The van der Waals surface area contributed by atoms with Gasteiger partial charge in [-0.3, -0.25) is 4.79 Å². The van der Waals surface area contributed by atoms with Gasteiger partial charge in [0.15, 0.2) is 0 Å². The first-order chi connectivity index (χ1) is 14.2. The standard InChI is InChI=1S/C24H24INO4/c1-4-15-9-11-16(12-10-15)14-30-21-18-8-6-5-7-17(18)13-19(25)20(21)22(27)26-24(2,3)23(28)29/h5-13H,4,14H2,1-3H3,(H,26,27)(H,28,29). The molecule has 2 N–H and O–H groups in total. The molecule has 0 spiro atoms. The zero-order valence-corrected chi connectivity index (χ0v) is 19.3. The molecule has 0 aliphatic heterocycles. The van der Waals surface area contributed by atoms with Gasteiger partial charge in [0.1, 0.15) is 17.9 Å². The van der Waals surface area contributed by atoms with E-state index in [9.17, 15) is 14.7 Å². The summed E-state index contributed by atoms with van der Waals surface area (Å²) in [6.45, 7) is 5.32. The Morgan fingerprint density at radius 2 is 1.70 bits per heavy atom. The van der Waals surface area contributed by atoms with Crippen molar-refractivity contribution < 1.29 is 19.4 Å². The van der Waals surface area contributed by atoms with E-state index in [0.29, 0.717) is 21.5 Å². The summed E-state index contributed by atoms with van der Waals surface area (Å²) in [4.78, 5) is 24.6. The minimum atomic E-state index is -1.40. The maximum Gasteiger partial charge on any atom is 0.328 e. The molecule has 0 heterocycles. The minimum absolute atomic E-state index is 0.302. The Labute approximate surface area is 189 Å². The largest absolute Gasteiger partial charge is 0.487 e. The molecule has 3 aromatic rings. The fourth-order valence-electron chi connectivity index (χ4n) is 3.07. The number of amides is 1. The van der Waals surface area contributed by atoms with Crippen molar-refractivity contribution in [2.75, 3.05) is 0 Å². The topological polar surface area (TPSA) is 75.6 Å². The van der Waals surface area contributed by atoms with Crippen LogP contribution >= 0.6 is 22.6 Å². The lowest BCUT2D eigenvalue weighted by molar-refractivity contribution is -0.143. The van der Waals surface area contributed by atoms with Crippen molar-refractivity contribution in [3.63, 3.8) is 0 Å². The second-order valence-corrected chi connectivity index (χ2v) is 8.79. The van der Waals surface area contributed by atoms with Crippen LogP contribution in [0.25, 0.3) is 10.8 Å². The minimum Gasteiger partial charge on any atom is -0.487 e. The Bertz CT molecular complexity index is 1090. The van der Waals surface area contributed by atoms with E-state index in [4.69, 9.17) is 4.74 Å². The van der Waals surface area contributed by atoms with Crippen LogP contribution in [0.1, 0.15) is 42.3 Å². The molecule has 0 bridgehead atoms. The van der Waals surface area contributed by atoms with Crippen molar-refractivity contribution in [3.8, 4) is 5.75 Å². The third kappa shape index (κ3) is 4.75. The molecular weight excluding hydrogens is 493 g/mol. The smallest absolute Gasteiger partial charge is 0.328 e. The number of rotatable bonds is 7. The Morgan fingerprint density at radius 3 is 2.33 bits per heavy atom. The molecule has 156 valence electrons. The summed E-state index contributed by atoms with van der Waals surface area (Å²) in [5.41, 5.74) is 1.18. The van der Waals surface area contributed by atoms with E-state index in [2.05, 4.69) is 47.0 Å². The summed E-state index contributed by atoms with van der Waals surface area (Å²) in [6.07, 6.45) is 0.965. The third-order valence-corrected chi connectivity index (χ3v) is 5.81. The molecule has 0 saturated heterocycles. The Morgan fingerprint density at radius 1 is 1.07 bits per heavy atom. The monoisotopic (exact) mass is 517 g/mol. The first-order valence-electron chi connectivity index (χ1n) is 9.70. The number of ether oxygens (including phenoxy) is 1. The first kappa shape index (κ1) is 22.1. The van der Waals surface area contributed by atoms with Crippen molar-refractivity contribution >= 4 is 45.2 Å². The number of benzene rings is 3. The van der Waals surface area contributed by atoms with Crippen molar-refractivity contribution in [2.45, 2.75) is 39.3 Å². The van der Waals surface area contributed by atoms with E-state index in [1.54, 1.807) is 0 Å². The average molecular weight is 517 g/mol. The van der Waals surface area contributed by atoms with E-state index in [1.807, 2.05) is 42.5 Å². The van der Waals surface area contributed by atoms with Gasteiger partial charge in [-0.15, -0.1) is 0 Å². The zero-order valence-electron chi connectivity index (χ0n) is 17.2. The zero-order chi connectivity index (χ0) is 21.9. The van der Waals surface area contributed by atoms with E-state index in [-0.39, 0.29) is 0 Å². The molecule has 30 heavy (non-hydrogen) atoms. The fraction of sp³-hybridized carbons (Fsp3) is 0.250. The van der Waals surface area contributed by atoms with Crippen LogP contribution in [-0.4, -0.2) is 22.5 Å². The molecule has 0 radical (unpaired) electrons. The van der Waals surface area contributed by atoms with Gasteiger partial charge in [-0.05, 0) is 65.4 Å². The molecular formula is C24H24INO4. The van der Waals surface area contributed by atoms with Crippen LogP contribution in [0, 0.1) is 3.57 Å². The van der Waals surface area contributed by atoms with Crippen LogP contribution in [0.2, 0.25) is 0 Å². The van der Waals surface area contributed by atoms with Crippen molar-refractivity contribution in [1.29, 1.82) is 0 Å². The fourth-order valence-corrected chi connectivity index (χ4v) is 3.89. The van der Waals surface area contributed by atoms with Crippen LogP contribution < -0.4 is 10.1 Å². The van der Waals surface area contributed by atoms with Crippen LogP contribution in [0.5, 0.6) is 5.75 Å². The number of hydrogen-bond donors (Lipinski definition) is 2. The number of carbonyl (C=O) groups excluding carboxylic acids is 1. The predicted molar refractivity (Wildman–Crippen MR) is 126 cm³/mol. The van der Waals surface area contributed by atoms with Gasteiger partial charge in [-0.1, -0.05) is 55.5 Å². The highest BCUT2D eigenvalue weighted by Gasteiger charge is 2.31. The highest BCUT2D eigenvalue weighted by Crippen LogP contribution is 2.34. The third-order valence-electron chi connectivity index (χ3n) is 4.96. The van der Waals surface area contributed by atoms with Gasteiger partial charge >= 0.3 is 5.97 Å². The van der Waals surface area contributed by atoms with E-state index >= 15 is 0 Å². The summed E-state index contributed by atoms with van der Waals surface area (Å²) in [6, 6.07) is 17.7. The van der Waals surface area contributed by atoms with Gasteiger partial charge in [-0.25, -0.2) is 4.79 Å². The lowest BCUT2D eigenvalue weighted by Gasteiger charge is -2.23. The molecule has 0 saturated carbocycles. The molecule has 1 amide bonds. The maximum absolute atomic E-state index is 13.1. The SMILES string of the molecule is CCc1ccc(COc2c(C(=O)NC(C)(C)C(=O)O)c(I)cc3ccccc23)cc1. The van der Waals surface area contributed by atoms with Crippen molar-refractivity contribution in [2.24, 2.45) is 0 Å². The molecule has 0 fully saturated rings. The Balaban J connectivity index is 2.02. The molecule has 3 rings (SSSR count). The van der Waals surface area contributed by atoms with Crippen LogP contribution in [0.4, 0.5) is 0 Å². The van der Waals surface area contributed by atoms with Gasteiger partial charge in [0.2, 0.25) is 0 Å². The molecule has 0 aliphatic carbocycles. The van der Waals surface area contributed by atoms with Gasteiger partial charge < -0.3 is 15.2 Å². The number of aryl methyl sites for hydroxylation is 1. The van der Waals surface area contributed by atoms with Crippen molar-refractivity contribution in [1.82, 2.24) is 5.32 Å². The maximum atomic E-state index is 13.1. The number of hydrogen-bond acceptors (Lipinski definition) is 3. The van der Waals surface area contributed by atoms with Crippen LogP contribution in [0.15, 0.2) is 54.6 Å². The number of nitrogens with one attached hydrogen (secondary N) is 1. The Hall–Kier alpha value is -2.61. The summed E-state index contributed by atoms with van der Waals surface area (Å²) in [5.74, 6) is -1.13. The highest BCUT2D eigenvalue weighted by molar-refractivity contribution is 14.1. The highest BCUT2D eigenvalue weighted by atomic mass is 127. The quantitative estimate of drug-likeness (QED) is 0.424. The number of halogens is 1. The van der Waals surface area contributed by atoms with Gasteiger partial charge in [-0.2, -0.15) is 0 Å². The summed E-state index contributed by atoms with van der Waals surface area (Å²) >= 11 is 2.09. The second-order valence-electron chi connectivity index (χ2n) is 7.63. The summed E-state index contributed by atoms with van der Waals surface area (Å²) < 4.78 is 6.87. The van der Waals surface area contributed by atoms with Gasteiger partial charge in [0.25, 0.3) is 5.91 Å². The Kier molecular flexibility index (Phi) is 6.65. The molecule has 6 heteroatoms. The first-order valence-corrected chi connectivity index (χ1v) is 10.8. The second kappa shape index (κ2) is 9.04. The number of fused-ring (bicyclic) bond motifs is 1. The molecule has 5 nitrogen and oxygen atoms in total. The summed E-state index contributed by atoms with van der Waals surface area (Å²) in [5, 5.41) is 13.8. The van der Waals surface area contributed by atoms with Crippen LogP contribution in [-0.2, 0) is 17.8 Å². The summed E-state index contributed by atoms with van der Waals surface area (Å²) in [7, 11) is 0. The number of aliphatic carboxylic acids is 1. The molecule has 0 aliphatic rings. The predicted octanol–water partition coefficient (Wildman–Crippen LogP) is 5.18.